The molecule has 1 heterocycles. The number of carbonyl (C=O) groups is 1. The summed E-state index contributed by atoms with van der Waals surface area (Å²) in [6.07, 6.45) is 11.6. The first-order valence-corrected chi connectivity index (χ1v) is 14.0. The summed E-state index contributed by atoms with van der Waals surface area (Å²) < 4.78 is 6.72. The van der Waals surface area contributed by atoms with Gasteiger partial charge in [-0.3, -0.25) is 4.79 Å². The van der Waals surface area contributed by atoms with Crippen LogP contribution < -0.4 is 0 Å². The van der Waals surface area contributed by atoms with Crippen LogP contribution in [0.1, 0.15) is 120 Å². The van der Waals surface area contributed by atoms with Crippen LogP contribution in [0.25, 0.3) is 0 Å². The quantitative estimate of drug-likeness (QED) is 0.487. The summed E-state index contributed by atoms with van der Waals surface area (Å²) in [7, 11) is 0. The Kier molecular flexibility index (Phi) is 5.22. The lowest BCUT2D eigenvalue weighted by molar-refractivity contribution is -0.210. The highest BCUT2D eigenvalue weighted by molar-refractivity contribution is 5.85. The van der Waals surface area contributed by atoms with Crippen LogP contribution >= 0.6 is 0 Å². The number of hydrogen-bond acceptors (Lipinski definition) is 3. The Morgan fingerprint density at radius 2 is 1.45 bits per heavy atom. The van der Waals surface area contributed by atoms with E-state index in [4.69, 9.17) is 4.74 Å². The average Bonchev–Trinajstić information content (AvgIpc) is 3.27. The highest BCUT2D eigenvalue weighted by atomic mass is 16.5. The fourth-order valence-electron chi connectivity index (χ4n) is 10.9. The van der Waals surface area contributed by atoms with Gasteiger partial charge in [-0.1, -0.05) is 34.6 Å². The lowest BCUT2D eigenvalue weighted by atomic mass is 9.35. The molecule has 1 aliphatic heterocycles. The van der Waals surface area contributed by atoms with Crippen molar-refractivity contribution in [1.29, 1.82) is 0 Å². The van der Waals surface area contributed by atoms with Gasteiger partial charge in [-0.25, -0.2) is 0 Å². The van der Waals surface area contributed by atoms with Crippen molar-refractivity contribution in [3.8, 4) is 0 Å². The zero-order chi connectivity index (χ0) is 24.2. The first-order chi connectivity index (χ1) is 15.1. The maximum absolute atomic E-state index is 12.9. The molecular weight excluding hydrogens is 408 g/mol. The van der Waals surface area contributed by atoms with E-state index in [2.05, 4.69) is 41.5 Å². The van der Waals surface area contributed by atoms with E-state index in [0.29, 0.717) is 34.4 Å². The minimum absolute atomic E-state index is 0.0439. The SMILES string of the molecule is CC(C)(O)C1CC[C@](C)([C@H]2CC[C@]3(C)[C@@H]2CC[C@@H]2[C@@]4(C)CCC(=O)C(C)(C)[C@@H]4CC[C@]23C)O1. The summed E-state index contributed by atoms with van der Waals surface area (Å²) in [4.78, 5) is 12.9. The van der Waals surface area contributed by atoms with Crippen molar-refractivity contribution in [3.05, 3.63) is 0 Å². The topological polar surface area (TPSA) is 46.5 Å². The summed E-state index contributed by atoms with van der Waals surface area (Å²) in [5.41, 5.74) is -0.0493. The van der Waals surface area contributed by atoms with E-state index in [9.17, 15) is 9.90 Å². The van der Waals surface area contributed by atoms with Crippen molar-refractivity contribution >= 4 is 5.78 Å². The average molecular weight is 459 g/mol. The van der Waals surface area contributed by atoms with Gasteiger partial charge in [-0.05, 0) is 118 Å². The number of aliphatic hydroxyl groups is 1. The van der Waals surface area contributed by atoms with E-state index < -0.39 is 5.60 Å². The van der Waals surface area contributed by atoms with Gasteiger partial charge in [0.25, 0.3) is 0 Å². The van der Waals surface area contributed by atoms with Gasteiger partial charge in [0.15, 0.2) is 0 Å². The van der Waals surface area contributed by atoms with E-state index >= 15 is 0 Å². The van der Waals surface area contributed by atoms with Crippen LogP contribution in [0.2, 0.25) is 0 Å². The van der Waals surface area contributed by atoms with Crippen LogP contribution in [0.4, 0.5) is 0 Å². The van der Waals surface area contributed by atoms with Gasteiger partial charge in [0.1, 0.15) is 5.78 Å². The molecule has 5 fully saturated rings. The lowest BCUT2D eigenvalue weighted by Gasteiger charge is -2.69. The van der Waals surface area contributed by atoms with Gasteiger partial charge in [-0.15, -0.1) is 0 Å². The first-order valence-electron chi connectivity index (χ1n) is 14.0. The molecule has 9 atom stereocenters. The Bertz CT molecular complexity index is 825. The Morgan fingerprint density at radius 1 is 0.788 bits per heavy atom. The summed E-state index contributed by atoms with van der Waals surface area (Å²) in [6.45, 7) is 18.5. The Labute approximate surface area is 202 Å². The molecule has 1 N–H and O–H groups in total. The minimum atomic E-state index is -0.762. The zero-order valence-corrected chi connectivity index (χ0v) is 22.7. The van der Waals surface area contributed by atoms with Gasteiger partial charge in [0.2, 0.25) is 0 Å². The Balaban J connectivity index is 1.45. The molecule has 188 valence electrons. The molecule has 4 saturated carbocycles. The van der Waals surface area contributed by atoms with Gasteiger partial charge in [-0.2, -0.15) is 0 Å². The Hall–Kier alpha value is -0.410. The number of fused-ring (bicyclic) bond motifs is 5. The van der Waals surface area contributed by atoms with E-state index in [1.165, 1.54) is 38.5 Å². The van der Waals surface area contributed by atoms with E-state index in [-0.39, 0.29) is 22.5 Å². The molecule has 3 nitrogen and oxygen atoms in total. The molecule has 0 aromatic rings. The third-order valence-corrected chi connectivity index (χ3v) is 13.0. The molecule has 1 saturated heterocycles. The van der Waals surface area contributed by atoms with Crippen molar-refractivity contribution in [3.63, 3.8) is 0 Å². The molecule has 0 amide bonds. The molecule has 1 unspecified atom stereocenters. The second kappa shape index (κ2) is 7.09. The number of ketones is 1. The van der Waals surface area contributed by atoms with Crippen molar-refractivity contribution in [2.45, 2.75) is 137 Å². The van der Waals surface area contributed by atoms with Gasteiger partial charge < -0.3 is 9.84 Å². The maximum atomic E-state index is 12.9. The molecular formula is C30H50O3. The predicted octanol–water partition coefficient (Wildman–Crippen LogP) is 6.95. The molecule has 5 rings (SSSR count). The normalized spacial score (nSPS) is 54.0. The zero-order valence-electron chi connectivity index (χ0n) is 22.7. The fourth-order valence-corrected chi connectivity index (χ4v) is 10.9. The van der Waals surface area contributed by atoms with Crippen molar-refractivity contribution in [1.82, 2.24) is 0 Å². The summed E-state index contributed by atoms with van der Waals surface area (Å²) in [5, 5.41) is 10.6. The van der Waals surface area contributed by atoms with Gasteiger partial charge in [0.05, 0.1) is 17.3 Å². The smallest absolute Gasteiger partial charge is 0.138 e. The monoisotopic (exact) mass is 458 g/mol. The van der Waals surface area contributed by atoms with Gasteiger partial charge in [0, 0.05) is 11.8 Å². The highest BCUT2D eigenvalue weighted by Gasteiger charge is 2.70. The van der Waals surface area contributed by atoms with Gasteiger partial charge >= 0.3 is 0 Å². The summed E-state index contributed by atoms with van der Waals surface area (Å²) in [6, 6.07) is 0. The van der Waals surface area contributed by atoms with Crippen LogP contribution in [0.3, 0.4) is 0 Å². The predicted molar refractivity (Wildman–Crippen MR) is 133 cm³/mol. The Morgan fingerprint density at radius 3 is 2.09 bits per heavy atom. The van der Waals surface area contributed by atoms with Crippen molar-refractivity contribution in [2.24, 2.45) is 45.3 Å². The largest absolute Gasteiger partial charge is 0.388 e. The van der Waals surface area contributed by atoms with Crippen LogP contribution in [0.5, 0.6) is 0 Å². The highest BCUT2D eigenvalue weighted by Crippen LogP contribution is 2.75. The second-order valence-corrected chi connectivity index (χ2v) is 15.1. The lowest BCUT2D eigenvalue weighted by Crippen LogP contribution is -2.63. The summed E-state index contributed by atoms with van der Waals surface area (Å²) >= 11 is 0. The van der Waals surface area contributed by atoms with Crippen LogP contribution in [0, 0.1) is 45.3 Å². The van der Waals surface area contributed by atoms with E-state index in [1.807, 2.05) is 13.8 Å². The standard InChI is InChI=1S/C30H50O3/c1-25(2)21-12-17-29(7)22(27(21,5)15-13-23(25)31)10-9-19-20(11-16-28(19,29)6)30(8)18-14-24(33-30)26(3,4)32/h19-22,24,32H,9-18H2,1-8H3/t19-,20+,21+,22-,24?,27+,28-,29-,30-/m1/s1. The molecule has 0 bridgehead atoms. The summed E-state index contributed by atoms with van der Waals surface area (Å²) in [5.74, 6) is 3.06. The number of rotatable bonds is 2. The second-order valence-electron chi connectivity index (χ2n) is 15.1. The molecule has 5 aliphatic rings. The van der Waals surface area contributed by atoms with E-state index in [1.54, 1.807) is 0 Å². The number of carbonyl (C=O) groups excluding carboxylic acids is 1. The molecule has 0 aromatic carbocycles. The molecule has 0 aromatic heterocycles. The third kappa shape index (κ3) is 3.09. The third-order valence-electron chi connectivity index (χ3n) is 13.0. The van der Waals surface area contributed by atoms with Crippen LogP contribution in [0.15, 0.2) is 0 Å². The molecule has 0 spiro atoms. The molecule has 0 radical (unpaired) electrons. The molecule has 3 heteroatoms. The number of hydrogen-bond donors (Lipinski definition) is 1. The number of ether oxygens (including phenoxy) is 1. The fraction of sp³-hybridized carbons (Fsp3) is 0.967. The van der Waals surface area contributed by atoms with Crippen molar-refractivity contribution in [2.75, 3.05) is 0 Å². The minimum Gasteiger partial charge on any atom is -0.388 e. The number of Topliss-reactive ketones (excluding diaryl/α,β-unsaturated/α-hetero) is 1. The van der Waals surface area contributed by atoms with Crippen LogP contribution in [-0.4, -0.2) is 28.2 Å². The van der Waals surface area contributed by atoms with E-state index in [0.717, 1.165) is 31.6 Å². The first kappa shape index (κ1) is 24.3. The van der Waals surface area contributed by atoms with Crippen LogP contribution in [-0.2, 0) is 9.53 Å². The van der Waals surface area contributed by atoms with Crippen molar-refractivity contribution < 1.29 is 14.6 Å². The maximum Gasteiger partial charge on any atom is 0.138 e. The molecule has 4 aliphatic carbocycles. The molecule has 33 heavy (non-hydrogen) atoms.